The zero-order chi connectivity index (χ0) is 15.6. The van der Waals surface area contributed by atoms with Gasteiger partial charge in [0.05, 0.1) is 18.8 Å². The molecule has 1 aromatic carbocycles. The van der Waals surface area contributed by atoms with Crippen molar-refractivity contribution >= 4 is 11.7 Å². The number of rotatable bonds is 3. The summed E-state index contributed by atoms with van der Waals surface area (Å²) >= 11 is 0. The minimum atomic E-state index is -0.425. The van der Waals surface area contributed by atoms with E-state index in [1.165, 1.54) is 13.5 Å². The van der Waals surface area contributed by atoms with Crippen LogP contribution in [0.5, 0.6) is 5.75 Å². The number of nitrogen functional groups attached to an aromatic ring is 1. The fourth-order valence-electron chi connectivity index (χ4n) is 3.27. The van der Waals surface area contributed by atoms with Crippen LogP contribution in [0, 0.1) is 18.8 Å². The molecule has 0 saturated heterocycles. The van der Waals surface area contributed by atoms with Gasteiger partial charge < -0.3 is 15.2 Å². The predicted molar refractivity (Wildman–Crippen MR) is 83.5 cm³/mol. The molecular formula is C17H25NO3. The number of nitrogens with two attached hydrogens (primary N) is 1. The summed E-state index contributed by atoms with van der Waals surface area (Å²) in [5.41, 5.74) is 7.62. The normalized spacial score (nSPS) is 25.4. The second kappa shape index (κ2) is 6.37. The SMILES string of the molecule is COC(=O)c1cc(OC2CC(C)CC(C)C2)cc(C)c1N. The Labute approximate surface area is 126 Å². The second-order valence-electron chi connectivity index (χ2n) is 6.35. The molecule has 21 heavy (non-hydrogen) atoms. The molecule has 0 aliphatic heterocycles. The third kappa shape index (κ3) is 3.69. The van der Waals surface area contributed by atoms with Crippen molar-refractivity contribution in [3.8, 4) is 5.75 Å². The highest BCUT2D eigenvalue weighted by molar-refractivity contribution is 5.96. The van der Waals surface area contributed by atoms with Crippen molar-refractivity contribution < 1.29 is 14.3 Å². The molecule has 4 heteroatoms. The lowest BCUT2D eigenvalue weighted by molar-refractivity contribution is 0.0599. The van der Waals surface area contributed by atoms with E-state index >= 15 is 0 Å². The maximum atomic E-state index is 11.8. The van der Waals surface area contributed by atoms with Crippen molar-refractivity contribution in [2.45, 2.75) is 46.1 Å². The number of hydrogen-bond acceptors (Lipinski definition) is 4. The van der Waals surface area contributed by atoms with E-state index in [0.717, 1.165) is 18.4 Å². The summed E-state index contributed by atoms with van der Waals surface area (Å²) in [6.45, 7) is 6.40. The van der Waals surface area contributed by atoms with Gasteiger partial charge in [-0.15, -0.1) is 0 Å². The number of esters is 1. The summed E-state index contributed by atoms with van der Waals surface area (Å²) in [7, 11) is 1.36. The molecule has 0 radical (unpaired) electrons. The molecular weight excluding hydrogens is 266 g/mol. The van der Waals surface area contributed by atoms with Crippen molar-refractivity contribution in [1.82, 2.24) is 0 Å². The number of ether oxygens (including phenoxy) is 2. The maximum Gasteiger partial charge on any atom is 0.340 e. The Morgan fingerprint density at radius 1 is 1.19 bits per heavy atom. The van der Waals surface area contributed by atoms with Gasteiger partial charge in [-0.05, 0) is 55.7 Å². The average molecular weight is 291 g/mol. The van der Waals surface area contributed by atoms with Crippen LogP contribution in [0.25, 0.3) is 0 Å². The van der Waals surface area contributed by atoms with Crippen LogP contribution in [0.15, 0.2) is 12.1 Å². The molecule has 0 spiro atoms. The van der Waals surface area contributed by atoms with Crippen LogP contribution in [0.2, 0.25) is 0 Å². The van der Waals surface area contributed by atoms with E-state index in [0.29, 0.717) is 28.8 Å². The number of aryl methyl sites for hydroxylation is 1. The lowest BCUT2D eigenvalue weighted by atomic mass is 9.82. The van der Waals surface area contributed by atoms with E-state index in [4.69, 9.17) is 15.2 Å². The first-order valence-corrected chi connectivity index (χ1v) is 7.55. The molecule has 4 nitrogen and oxygen atoms in total. The number of benzene rings is 1. The smallest absolute Gasteiger partial charge is 0.340 e. The highest BCUT2D eigenvalue weighted by Gasteiger charge is 2.25. The molecule has 2 N–H and O–H groups in total. The van der Waals surface area contributed by atoms with Crippen LogP contribution in [0.3, 0.4) is 0 Å². The predicted octanol–water partition coefficient (Wildman–Crippen LogP) is 3.57. The largest absolute Gasteiger partial charge is 0.490 e. The van der Waals surface area contributed by atoms with Crippen LogP contribution < -0.4 is 10.5 Å². The Hall–Kier alpha value is -1.71. The molecule has 0 amide bonds. The molecule has 2 rings (SSSR count). The van der Waals surface area contributed by atoms with Gasteiger partial charge in [0.25, 0.3) is 0 Å². The Bertz CT molecular complexity index is 517. The molecule has 1 aliphatic rings. The van der Waals surface area contributed by atoms with Crippen molar-refractivity contribution in [3.05, 3.63) is 23.3 Å². The van der Waals surface area contributed by atoms with Gasteiger partial charge in [-0.2, -0.15) is 0 Å². The lowest BCUT2D eigenvalue weighted by Crippen LogP contribution is -2.28. The van der Waals surface area contributed by atoms with E-state index in [9.17, 15) is 4.79 Å². The molecule has 116 valence electrons. The summed E-state index contributed by atoms with van der Waals surface area (Å²) in [4.78, 5) is 11.8. The summed E-state index contributed by atoms with van der Waals surface area (Å²) < 4.78 is 10.9. The van der Waals surface area contributed by atoms with Gasteiger partial charge in [-0.3, -0.25) is 0 Å². The van der Waals surface area contributed by atoms with Crippen molar-refractivity contribution in [1.29, 1.82) is 0 Å². The van der Waals surface area contributed by atoms with Crippen LogP contribution >= 0.6 is 0 Å². The Kier molecular flexibility index (Phi) is 4.76. The fourth-order valence-corrected chi connectivity index (χ4v) is 3.27. The minimum absolute atomic E-state index is 0.206. The van der Waals surface area contributed by atoms with Crippen molar-refractivity contribution in [3.63, 3.8) is 0 Å². The van der Waals surface area contributed by atoms with Gasteiger partial charge in [0.15, 0.2) is 0 Å². The molecule has 1 saturated carbocycles. The maximum absolute atomic E-state index is 11.8. The number of carbonyl (C=O) groups is 1. The van der Waals surface area contributed by atoms with Gasteiger partial charge in [0, 0.05) is 5.69 Å². The van der Waals surface area contributed by atoms with Crippen LogP contribution in [0.4, 0.5) is 5.69 Å². The molecule has 2 atom stereocenters. The topological polar surface area (TPSA) is 61.5 Å². The van der Waals surface area contributed by atoms with Gasteiger partial charge in [0.1, 0.15) is 5.75 Å². The third-order valence-corrected chi connectivity index (χ3v) is 4.20. The Morgan fingerprint density at radius 3 is 2.38 bits per heavy atom. The van der Waals surface area contributed by atoms with E-state index in [1.54, 1.807) is 6.07 Å². The first kappa shape index (κ1) is 15.7. The van der Waals surface area contributed by atoms with Crippen LogP contribution in [-0.4, -0.2) is 19.2 Å². The first-order chi connectivity index (χ1) is 9.90. The second-order valence-corrected chi connectivity index (χ2v) is 6.35. The van der Waals surface area contributed by atoms with E-state index in [1.807, 2.05) is 13.0 Å². The van der Waals surface area contributed by atoms with Crippen molar-refractivity contribution in [2.75, 3.05) is 12.8 Å². The molecule has 1 fully saturated rings. The highest BCUT2D eigenvalue weighted by Crippen LogP contribution is 2.33. The van der Waals surface area contributed by atoms with E-state index in [2.05, 4.69) is 13.8 Å². The van der Waals surface area contributed by atoms with Gasteiger partial charge in [-0.25, -0.2) is 4.79 Å². The zero-order valence-corrected chi connectivity index (χ0v) is 13.3. The highest BCUT2D eigenvalue weighted by atomic mass is 16.5. The Morgan fingerprint density at radius 2 is 1.81 bits per heavy atom. The number of hydrogen-bond donors (Lipinski definition) is 1. The summed E-state index contributed by atoms with van der Waals surface area (Å²) in [6.07, 6.45) is 3.58. The molecule has 1 aliphatic carbocycles. The van der Waals surface area contributed by atoms with E-state index in [-0.39, 0.29) is 6.10 Å². The summed E-state index contributed by atoms with van der Waals surface area (Å²) in [5.74, 6) is 1.63. The number of methoxy groups -OCH3 is 1. The molecule has 1 aromatic rings. The third-order valence-electron chi connectivity index (χ3n) is 4.20. The van der Waals surface area contributed by atoms with E-state index < -0.39 is 5.97 Å². The summed E-state index contributed by atoms with van der Waals surface area (Å²) in [6, 6.07) is 3.59. The first-order valence-electron chi connectivity index (χ1n) is 7.55. The minimum Gasteiger partial charge on any atom is -0.490 e. The average Bonchev–Trinajstić information content (AvgIpc) is 2.40. The molecule has 0 aromatic heterocycles. The van der Waals surface area contributed by atoms with Crippen molar-refractivity contribution in [2.24, 2.45) is 11.8 Å². The zero-order valence-electron chi connectivity index (χ0n) is 13.3. The van der Waals surface area contributed by atoms with Gasteiger partial charge >= 0.3 is 5.97 Å². The standard InChI is InChI=1S/C17H25NO3/c1-10-5-11(2)7-13(6-10)21-14-8-12(3)16(18)15(9-14)17(19)20-4/h8-11,13H,5-7,18H2,1-4H3. The van der Waals surface area contributed by atoms with Crippen LogP contribution in [-0.2, 0) is 4.74 Å². The fraction of sp³-hybridized carbons (Fsp3) is 0.588. The van der Waals surface area contributed by atoms with Gasteiger partial charge in [-0.1, -0.05) is 13.8 Å². The number of carbonyl (C=O) groups excluding carboxylic acids is 1. The van der Waals surface area contributed by atoms with Gasteiger partial charge in [0.2, 0.25) is 0 Å². The monoisotopic (exact) mass is 291 g/mol. The summed E-state index contributed by atoms with van der Waals surface area (Å²) in [5, 5.41) is 0. The molecule has 2 unspecified atom stereocenters. The Balaban J connectivity index is 2.20. The molecule has 0 bridgehead atoms. The quantitative estimate of drug-likeness (QED) is 0.683. The van der Waals surface area contributed by atoms with Crippen LogP contribution in [0.1, 0.15) is 49.0 Å². The number of anilines is 1. The lowest BCUT2D eigenvalue weighted by Gasteiger charge is -2.32. The molecule has 0 heterocycles.